The van der Waals surface area contributed by atoms with E-state index in [2.05, 4.69) is 25.1 Å². The zero-order valence-electron chi connectivity index (χ0n) is 12.6. The fourth-order valence-corrected chi connectivity index (χ4v) is 2.25. The molecule has 0 radical (unpaired) electrons. The van der Waals surface area contributed by atoms with E-state index in [1.807, 2.05) is 12.1 Å². The number of aryl methyl sites for hydroxylation is 1. The first-order chi connectivity index (χ1) is 10.2. The number of aliphatic hydroxyl groups is 1. The highest BCUT2D eigenvalue weighted by atomic mass is 16.5. The lowest BCUT2D eigenvalue weighted by atomic mass is 9.95. The number of esters is 1. The van der Waals surface area contributed by atoms with Gasteiger partial charge in [0.2, 0.25) is 0 Å². The predicted molar refractivity (Wildman–Crippen MR) is 84.7 cm³/mol. The van der Waals surface area contributed by atoms with E-state index >= 15 is 0 Å². The van der Waals surface area contributed by atoms with E-state index in [-0.39, 0.29) is 6.61 Å². The van der Waals surface area contributed by atoms with Gasteiger partial charge in [0, 0.05) is 0 Å². The third-order valence-corrected chi connectivity index (χ3v) is 3.69. The summed E-state index contributed by atoms with van der Waals surface area (Å²) in [7, 11) is 1.35. The maximum atomic E-state index is 11.9. The van der Waals surface area contributed by atoms with Crippen LogP contribution in [0.1, 0.15) is 36.5 Å². The molecule has 2 rings (SSSR count). The summed E-state index contributed by atoms with van der Waals surface area (Å²) in [6, 6.07) is 6.05. The molecule has 0 aliphatic heterocycles. The molecule has 3 nitrogen and oxygen atoms in total. The lowest BCUT2D eigenvalue weighted by molar-refractivity contribution is -0.133. The summed E-state index contributed by atoms with van der Waals surface area (Å²) < 4.78 is 4.83. The molecule has 0 aromatic heterocycles. The number of carbonyl (C=O) groups excluding carboxylic acids is 1. The zero-order chi connectivity index (χ0) is 15.2. The number of hydrogen-bond acceptors (Lipinski definition) is 3. The number of aliphatic hydroxyl groups excluding tert-OH is 1. The van der Waals surface area contributed by atoms with Crippen LogP contribution in [0.25, 0.3) is 11.6 Å². The second kappa shape index (κ2) is 7.23. The molecule has 1 N–H and O–H groups in total. The van der Waals surface area contributed by atoms with Crippen molar-refractivity contribution >= 4 is 17.6 Å². The van der Waals surface area contributed by atoms with E-state index in [0.717, 1.165) is 17.5 Å². The first kappa shape index (κ1) is 15.5. The number of allylic oxidation sites excluding steroid dienone is 1. The molecule has 1 fully saturated rings. The van der Waals surface area contributed by atoms with Crippen molar-refractivity contribution < 1.29 is 14.6 Å². The van der Waals surface area contributed by atoms with Crippen LogP contribution in [0.15, 0.2) is 30.4 Å². The number of rotatable bonds is 6. The first-order valence-electron chi connectivity index (χ1n) is 7.40. The molecule has 1 aromatic carbocycles. The number of methoxy groups -OCH3 is 1. The van der Waals surface area contributed by atoms with Crippen molar-refractivity contribution in [1.29, 1.82) is 0 Å². The summed E-state index contributed by atoms with van der Waals surface area (Å²) in [5.74, 6) is 0.251. The van der Waals surface area contributed by atoms with Crippen molar-refractivity contribution in [2.24, 2.45) is 5.92 Å². The summed E-state index contributed by atoms with van der Waals surface area (Å²) in [5, 5.41) is 9.16. The lowest BCUT2D eigenvalue weighted by Gasteiger charge is -2.11. The Hall–Kier alpha value is -1.87. The zero-order valence-corrected chi connectivity index (χ0v) is 12.6. The van der Waals surface area contributed by atoms with Crippen molar-refractivity contribution in [3.8, 4) is 0 Å². The molecule has 1 aliphatic rings. The molecular weight excluding hydrogens is 264 g/mol. The van der Waals surface area contributed by atoms with Crippen molar-refractivity contribution in [2.75, 3.05) is 13.7 Å². The van der Waals surface area contributed by atoms with Gasteiger partial charge in [-0.15, -0.1) is 0 Å². The Morgan fingerprint density at radius 3 is 2.76 bits per heavy atom. The van der Waals surface area contributed by atoms with Gasteiger partial charge in [0.1, 0.15) is 0 Å². The molecule has 0 heterocycles. The summed E-state index contributed by atoms with van der Waals surface area (Å²) in [5.41, 5.74) is 3.46. The fourth-order valence-electron chi connectivity index (χ4n) is 2.25. The van der Waals surface area contributed by atoms with Gasteiger partial charge in [-0.3, -0.25) is 0 Å². The molecule has 0 saturated heterocycles. The van der Waals surface area contributed by atoms with Gasteiger partial charge in [0.25, 0.3) is 0 Å². The highest BCUT2D eigenvalue weighted by Crippen LogP contribution is 2.32. The Bertz CT molecular complexity index is 566. The first-order valence-corrected chi connectivity index (χ1v) is 7.40. The highest BCUT2D eigenvalue weighted by Gasteiger charge is 2.19. The maximum absolute atomic E-state index is 11.9. The standard InChI is InChI=1S/C18H22O3/c1-3-13-7-9-16(17(10-11-19)18(20)21-2)15(12-13)8-6-14-4-5-14/h6-10,12,14,19H,3-5,11H2,1-2H3/b8-6+,17-10+. The summed E-state index contributed by atoms with van der Waals surface area (Å²) in [4.78, 5) is 11.9. The Morgan fingerprint density at radius 2 is 2.19 bits per heavy atom. The Balaban J connectivity index is 2.43. The molecule has 1 aliphatic carbocycles. The quantitative estimate of drug-likeness (QED) is 0.645. The van der Waals surface area contributed by atoms with E-state index in [9.17, 15) is 4.79 Å². The summed E-state index contributed by atoms with van der Waals surface area (Å²) in [6.45, 7) is 1.92. The molecule has 0 amide bonds. The number of benzene rings is 1. The van der Waals surface area contributed by atoms with Crippen LogP contribution in [0.3, 0.4) is 0 Å². The number of ether oxygens (including phenoxy) is 1. The van der Waals surface area contributed by atoms with Gasteiger partial charge in [-0.05, 0) is 47.9 Å². The van der Waals surface area contributed by atoms with Crippen LogP contribution in [0.2, 0.25) is 0 Å². The van der Waals surface area contributed by atoms with Crippen LogP contribution in [0.4, 0.5) is 0 Å². The van der Waals surface area contributed by atoms with E-state index in [1.54, 1.807) is 0 Å². The van der Waals surface area contributed by atoms with E-state index in [1.165, 1.54) is 31.6 Å². The lowest BCUT2D eigenvalue weighted by Crippen LogP contribution is -2.06. The Labute approximate surface area is 125 Å². The van der Waals surface area contributed by atoms with E-state index in [4.69, 9.17) is 9.84 Å². The van der Waals surface area contributed by atoms with Crippen LogP contribution in [0, 0.1) is 5.92 Å². The molecule has 3 heteroatoms. The van der Waals surface area contributed by atoms with Gasteiger partial charge in [-0.25, -0.2) is 4.79 Å². The van der Waals surface area contributed by atoms with Gasteiger partial charge < -0.3 is 9.84 Å². The molecule has 21 heavy (non-hydrogen) atoms. The van der Waals surface area contributed by atoms with Crippen LogP contribution >= 0.6 is 0 Å². The van der Waals surface area contributed by atoms with Crippen molar-refractivity contribution in [1.82, 2.24) is 0 Å². The minimum absolute atomic E-state index is 0.189. The molecule has 0 unspecified atom stereocenters. The van der Waals surface area contributed by atoms with Gasteiger partial charge in [-0.2, -0.15) is 0 Å². The Morgan fingerprint density at radius 1 is 1.43 bits per heavy atom. The van der Waals surface area contributed by atoms with Gasteiger partial charge in [0.05, 0.1) is 19.3 Å². The summed E-state index contributed by atoms with van der Waals surface area (Å²) in [6.07, 6.45) is 9.22. The van der Waals surface area contributed by atoms with Crippen LogP contribution in [0.5, 0.6) is 0 Å². The Kier molecular flexibility index (Phi) is 5.34. The molecule has 1 saturated carbocycles. The van der Waals surface area contributed by atoms with Crippen LogP contribution in [-0.2, 0) is 16.0 Å². The fraction of sp³-hybridized carbons (Fsp3) is 0.389. The van der Waals surface area contributed by atoms with Gasteiger partial charge in [0.15, 0.2) is 0 Å². The van der Waals surface area contributed by atoms with Crippen molar-refractivity contribution in [2.45, 2.75) is 26.2 Å². The van der Waals surface area contributed by atoms with Gasteiger partial charge >= 0.3 is 5.97 Å². The van der Waals surface area contributed by atoms with E-state index < -0.39 is 5.97 Å². The van der Waals surface area contributed by atoms with Crippen molar-refractivity contribution in [3.63, 3.8) is 0 Å². The van der Waals surface area contributed by atoms with Crippen LogP contribution < -0.4 is 0 Å². The molecule has 0 bridgehead atoms. The van der Waals surface area contributed by atoms with Gasteiger partial charge in [-0.1, -0.05) is 37.3 Å². The highest BCUT2D eigenvalue weighted by molar-refractivity contribution is 6.17. The van der Waals surface area contributed by atoms with Crippen LogP contribution in [-0.4, -0.2) is 24.8 Å². The molecular formula is C18H22O3. The second-order valence-electron chi connectivity index (χ2n) is 5.26. The topological polar surface area (TPSA) is 46.5 Å². The molecule has 0 spiro atoms. The normalized spacial score (nSPS) is 15.5. The second-order valence-corrected chi connectivity index (χ2v) is 5.26. The third-order valence-electron chi connectivity index (χ3n) is 3.69. The molecule has 0 atom stereocenters. The average molecular weight is 286 g/mol. The molecule has 112 valence electrons. The van der Waals surface area contributed by atoms with Crippen molar-refractivity contribution in [3.05, 3.63) is 47.0 Å². The minimum atomic E-state index is -0.422. The predicted octanol–water partition coefficient (Wildman–Crippen LogP) is 3.22. The average Bonchev–Trinajstić information content (AvgIpc) is 3.34. The third kappa shape index (κ3) is 4.05. The number of hydrogen-bond donors (Lipinski definition) is 1. The SMILES string of the molecule is CCc1ccc(/C(=C\CO)C(=O)OC)c(/C=C/C2CC2)c1. The smallest absolute Gasteiger partial charge is 0.338 e. The van der Waals surface area contributed by atoms with E-state index in [0.29, 0.717) is 11.5 Å². The summed E-state index contributed by atoms with van der Waals surface area (Å²) >= 11 is 0. The monoisotopic (exact) mass is 286 g/mol. The number of carbonyl (C=O) groups is 1. The maximum Gasteiger partial charge on any atom is 0.338 e. The minimum Gasteiger partial charge on any atom is -0.465 e. The molecule has 1 aromatic rings. The largest absolute Gasteiger partial charge is 0.465 e.